The highest BCUT2D eigenvalue weighted by atomic mass is 16.4. The highest BCUT2D eigenvalue weighted by molar-refractivity contribution is 5.77. The summed E-state index contributed by atoms with van der Waals surface area (Å²) in [5.74, 6) is -0.353. The SMILES string of the molecule is Cc1ccc(-c2nc3c(n2C)CCC3C(=O)O)cc1C. The molecule has 0 aliphatic heterocycles. The highest BCUT2D eigenvalue weighted by Crippen LogP contribution is 2.35. The second-order valence-corrected chi connectivity index (χ2v) is 5.55. The number of fused-ring (bicyclic) bond motifs is 1. The zero-order valence-electron chi connectivity index (χ0n) is 12.0. The Morgan fingerprint density at radius 1 is 1.35 bits per heavy atom. The van der Waals surface area contributed by atoms with Crippen LogP contribution in [0.1, 0.15) is 34.9 Å². The number of aryl methyl sites for hydroxylation is 2. The lowest BCUT2D eigenvalue weighted by Crippen LogP contribution is -2.08. The summed E-state index contributed by atoms with van der Waals surface area (Å²) in [6.07, 6.45) is 1.45. The molecule has 2 aromatic rings. The number of nitrogens with zero attached hydrogens (tertiary/aromatic N) is 2. The summed E-state index contributed by atoms with van der Waals surface area (Å²) < 4.78 is 2.04. The van der Waals surface area contributed by atoms with E-state index in [-0.39, 0.29) is 0 Å². The molecular weight excluding hydrogens is 252 g/mol. The summed E-state index contributed by atoms with van der Waals surface area (Å²) in [5.41, 5.74) is 5.33. The lowest BCUT2D eigenvalue weighted by molar-refractivity contribution is -0.138. The molecule has 1 aliphatic rings. The van der Waals surface area contributed by atoms with Gasteiger partial charge >= 0.3 is 5.97 Å². The molecule has 104 valence electrons. The highest BCUT2D eigenvalue weighted by Gasteiger charge is 2.33. The molecule has 1 unspecified atom stereocenters. The first-order valence-electron chi connectivity index (χ1n) is 6.85. The molecule has 1 atom stereocenters. The van der Waals surface area contributed by atoms with E-state index in [9.17, 15) is 9.90 Å². The number of imidazole rings is 1. The fourth-order valence-electron chi connectivity index (χ4n) is 2.93. The minimum atomic E-state index is -0.770. The van der Waals surface area contributed by atoms with Crippen molar-refractivity contribution in [1.29, 1.82) is 0 Å². The Morgan fingerprint density at radius 3 is 2.75 bits per heavy atom. The van der Waals surface area contributed by atoms with Crippen molar-refractivity contribution < 1.29 is 9.90 Å². The maximum atomic E-state index is 11.3. The van der Waals surface area contributed by atoms with E-state index in [0.29, 0.717) is 6.42 Å². The Balaban J connectivity index is 2.10. The topological polar surface area (TPSA) is 55.1 Å². The van der Waals surface area contributed by atoms with Gasteiger partial charge < -0.3 is 9.67 Å². The number of carboxylic acids is 1. The summed E-state index contributed by atoms with van der Waals surface area (Å²) in [4.78, 5) is 15.9. The molecule has 1 aromatic heterocycles. The maximum absolute atomic E-state index is 11.3. The number of rotatable bonds is 2. The van der Waals surface area contributed by atoms with Gasteiger partial charge in [0.1, 0.15) is 11.7 Å². The second kappa shape index (κ2) is 4.47. The van der Waals surface area contributed by atoms with Crippen LogP contribution in [0.15, 0.2) is 18.2 Å². The third-order valence-corrected chi connectivity index (χ3v) is 4.31. The van der Waals surface area contributed by atoms with Crippen LogP contribution in [0.25, 0.3) is 11.4 Å². The number of aromatic nitrogens is 2. The van der Waals surface area contributed by atoms with Crippen molar-refractivity contribution in [1.82, 2.24) is 9.55 Å². The van der Waals surface area contributed by atoms with E-state index in [4.69, 9.17) is 0 Å². The van der Waals surface area contributed by atoms with Crippen LogP contribution in [0, 0.1) is 13.8 Å². The quantitative estimate of drug-likeness (QED) is 0.913. The van der Waals surface area contributed by atoms with Crippen molar-refractivity contribution in [3.63, 3.8) is 0 Å². The van der Waals surface area contributed by atoms with E-state index in [0.717, 1.165) is 29.2 Å². The van der Waals surface area contributed by atoms with Gasteiger partial charge in [-0.1, -0.05) is 12.1 Å². The first-order valence-corrected chi connectivity index (χ1v) is 6.85. The number of benzene rings is 1. The number of hydrogen-bond donors (Lipinski definition) is 1. The number of hydrogen-bond acceptors (Lipinski definition) is 2. The van der Waals surface area contributed by atoms with Crippen LogP contribution in [-0.4, -0.2) is 20.6 Å². The zero-order chi connectivity index (χ0) is 14.4. The van der Waals surface area contributed by atoms with Gasteiger partial charge in [-0.25, -0.2) is 4.98 Å². The normalized spacial score (nSPS) is 17.2. The summed E-state index contributed by atoms with van der Waals surface area (Å²) in [6, 6.07) is 6.25. The van der Waals surface area contributed by atoms with Crippen molar-refractivity contribution in [2.75, 3.05) is 0 Å². The fraction of sp³-hybridized carbons (Fsp3) is 0.375. The van der Waals surface area contributed by atoms with Gasteiger partial charge in [0.25, 0.3) is 0 Å². The Bertz CT molecular complexity index is 701. The summed E-state index contributed by atoms with van der Waals surface area (Å²) in [7, 11) is 1.97. The lowest BCUT2D eigenvalue weighted by Gasteiger charge is -2.07. The maximum Gasteiger partial charge on any atom is 0.312 e. The standard InChI is InChI=1S/C16H18N2O2/c1-9-4-5-11(8-10(9)2)15-17-14-12(16(19)20)6-7-13(14)18(15)3/h4-5,8,12H,6-7H2,1-3H3,(H,19,20). The van der Waals surface area contributed by atoms with Crippen LogP contribution in [0.4, 0.5) is 0 Å². The van der Waals surface area contributed by atoms with Crippen molar-refractivity contribution >= 4 is 5.97 Å². The van der Waals surface area contributed by atoms with Gasteiger partial charge in [0.15, 0.2) is 0 Å². The molecule has 0 saturated heterocycles. The zero-order valence-corrected chi connectivity index (χ0v) is 12.0. The van der Waals surface area contributed by atoms with E-state index in [1.54, 1.807) is 0 Å². The van der Waals surface area contributed by atoms with Crippen LogP contribution in [0.3, 0.4) is 0 Å². The molecule has 20 heavy (non-hydrogen) atoms. The van der Waals surface area contributed by atoms with E-state index in [1.807, 2.05) is 11.6 Å². The van der Waals surface area contributed by atoms with E-state index < -0.39 is 11.9 Å². The molecule has 1 N–H and O–H groups in total. The van der Waals surface area contributed by atoms with Crippen molar-refractivity contribution in [2.45, 2.75) is 32.6 Å². The Kier molecular flexibility index (Phi) is 2.89. The average Bonchev–Trinajstić information content (AvgIpc) is 2.94. The summed E-state index contributed by atoms with van der Waals surface area (Å²) in [6.45, 7) is 4.16. The molecule has 0 spiro atoms. The summed E-state index contributed by atoms with van der Waals surface area (Å²) >= 11 is 0. The predicted octanol–water partition coefficient (Wildman–Crippen LogP) is 2.82. The van der Waals surface area contributed by atoms with E-state index >= 15 is 0 Å². The van der Waals surface area contributed by atoms with Gasteiger partial charge in [-0.2, -0.15) is 0 Å². The van der Waals surface area contributed by atoms with Crippen molar-refractivity contribution in [3.05, 3.63) is 40.7 Å². The van der Waals surface area contributed by atoms with Gasteiger partial charge in [-0.15, -0.1) is 0 Å². The molecule has 1 heterocycles. The van der Waals surface area contributed by atoms with Gasteiger partial charge in [0, 0.05) is 18.3 Å². The molecule has 0 saturated carbocycles. The molecule has 0 fully saturated rings. The van der Waals surface area contributed by atoms with E-state index in [1.165, 1.54) is 11.1 Å². The minimum Gasteiger partial charge on any atom is -0.481 e. The minimum absolute atomic E-state index is 0.448. The molecule has 1 aromatic carbocycles. The molecule has 1 aliphatic carbocycles. The monoisotopic (exact) mass is 270 g/mol. The fourth-order valence-corrected chi connectivity index (χ4v) is 2.93. The molecule has 0 bridgehead atoms. The first-order chi connectivity index (χ1) is 9.49. The largest absolute Gasteiger partial charge is 0.481 e. The van der Waals surface area contributed by atoms with Crippen LogP contribution >= 0.6 is 0 Å². The Labute approximate surface area is 118 Å². The average molecular weight is 270 g/mol. The smallest absolute Gasteiger partial charge is 0.312 e. The molecule has 4 heteroatoms. The summed E-state index contributed by atoms with van der Waals surface area (Å²) in [5, 5.41) is 9.26. The van der Waals surface area contributed by atoms with Gasteiger partial charge in [-0.05, 0) is 43.9 Å². The van der Waals surface area contributed by atoms with Crippen molar-refractivity contribution in [2.24, 2.45) is 7.05 Å². The molecular formula is C16H18N2O2. The third kappa shape index (κ3) is 1.83. The molecule has 3 rings (SSSR count). The van der Waals surface area contributed by atoms with Crippen LogP contribution in [0.5, 0.6) is 0 Å². The van der Waals surface area contributed by atoms with Crippen LogP contribution in [-0.2, 0) is 18.3 Å². The molecule has 0 radical (unpaired) electrons. The molecule has 0 amide bonds. The van der Waals surface area contributed by atoms with Gasteiger partial charge in [-0.3, -0.25) is 4.79 Å². The number of carbonyl (C=O) groups is 1. The predicted molar refractivity (Wildman–Crippen MR) is 76.8 cm³/mol. The van der Waals surface area contributed by atoms with Crippen LogP contribution < -0.4 is 0 Å². The van der Waals surface area contributed by atoms with Gasteiger partial charge in [0.05, 0.1) is 5.69 Å². The Hall–Kier alpha value is -2.10. The first kappa shape index (κ1) is 12.9. The lowest BCUT2D eigenvalue weighted by atomic mass is 10.1. The van der Waals surface area contributed by atoms with E-state index in [2.05, 4.69) is 37.0 Å². The van der Waals surface area contributed by atoms with Crippen molar-refractivity contribution in [3.8, 4) is 11.4 Å². The molecule has 4 nitrogen and oxygen atoms in total. The third-order valence-electron chi connectivity index (χ3n) is 4.31. The Morgan fingerprint density at radius 2 is 2.10 bits per heavy atom. The number of aliphatic carboxylic acids is 1. The second-order valence-electron chi connectivity index (χ2n) is 5.55. The van der Waals surface area contributed by atoms with Gasteiger partial charge in [0.2, 0.25) is 0 Å². The number of carboxylic acid groups (broad SMARTS) is 1. The van der Waals surface area contributed by atoms with Crippen LogP contribution in [0.2, 0.25) is 0 Å².